The summed E-state index contributed by atoms with van der Waals surface area (Å²) < 4.78 is 18.7. The molecule has 2 unspecified atom stereocenters. The number of ether oxygens (including phenoxy) is 1. The van der Waals surface area contributed by atoms with Crippen LogP contribution in [0.2, 0.25) is 0 Å². The number of benzene rings is 1. The summed E-state index contributed by atoms with van der Waals surface area (Å²) in [4.78, 5) is 14.0. The zero-order valence-electron chi connectivity index (χ0n) is 13.1. The maximum atomic E-state index is 13.4. The molecule has 122 valence electrons. The summed E-state index contributed by atoms with van der Waals surface area (Å²) >= 11 is 0. The van der Waals surface area contributed by atoms with Crippen LogP contribution in [-0.2, 0) is 9.53 Å². The number of hydrogen-bond acceptors (Lipinski definition) is 4. The average molecular weight is 309 g/mol. The summed E-state index contributed by atoms with van der Waals surface area (Å²) in [6.45, 7) is 2.49. The highest BCUT2D eigenvalue weighted by molar-refractivity contribution is 5.76. The van der Waals surface area contributed by atoms with Crippen molar-refractivity contribution in [2.24, 2.45) is 0 Å². The minimum Gasteiger partial charge on any atom is -0.378 e. The Labute approximate surface area is 130 Å². The molecule has 0 bridgehead atoms. The minimum absolute atomic E-state index is 0.0220. The quantitative estimate of drug-likeness (QED) is 0.821. The molecule has 0 radical (unpaired) electrons. The zero-order valence-corrected chi connectivity index (χ0v) is 13.1. The second-order valence-electron chi connectivity index (χ2n) is 5.77. The standard InChI is InChI=1S/C16H24FN3O2/c1-20(2)15(12-4-3-5-13(17)8-12)10-19-16(21)9-14-11-22-7-6-18-14/h3-5,8,14-15,18H,6-7,9-11H2,1-2H3,(H,19,21). The normalized spacial score (nSPS) is 19.9. The van der Waals surface area contributed by atoms with Gasteiger partial charge in [-0.3, -0.25) is 4.79 Å². The highest BCUT2D eigenvalue weighted by atomic mass is 19.1. The Balaban J connectivity index is 1.87. The van der Waals surface area contributed by atoms with Gasteiger partial charge in [-0.1, -0.05) is 12.1 Å². The van der Waals surface area contributed by atoms with Crippen molar-refractivity contribution in [2.45, 2.75) is 18.5 Å². The summed E-state index contributed by atoms with van der Waals surface area (Å²) in [6.07, 6.45) is 0.392. The van der Waals surface area contributed by atoms with E-state index in [0.717, 1.165) is 12.1 Å². The molecule has 1 aromatic rings. The number of carbonyl (C=O) groups is 1. The fourth-order valence-corrected chi connectivity index (χ4v) is 2.57. The van der Waals surface area contributed by atoms with Gasteiger partial charge in [-0.15, -0.1) is 0 Å². The molecule has 2 N–H and O–H groups in total. The molecule has 0 saturated carbocycles. The van der Waals surface area contributed by atoms with Crippen molar-refractivity contribution >= 4 is 5.91 Å². The Hall–Kier alpha value is -1.50. The number of morpholine rings is 1. The van der Waals surface area contributed by atoms with Crippen molar-refractivity contribution in [1.82, 2.24) is 15.5 Å². The lowest BCUT2D eigenvalue weighted by molar-refractivity contribution is -0.122. The number of hydrogen-bond donors (Lipinski definition) is 2. The lowest BCUT2D eigenvalue weighted by Crippen LogP contribution is -2.45. The van der Waals surface area contributed by atoms with E-state index >= 15 is 0 Å². The Morgan fingerprint density at radius 3 is 3.00 bits per heavy atom. The topological polar surface area (TPSA) is 53.6 Å². The third kappa shape index (κ3) is 5.05. The van der Waals surface area contributed by atoms with Gasteiger partial charge in [-0.05, 0) is 31.8 Å². The van der Waals surface area contributed by atoms with E-state index in [0.29, 0.717) is 26.2 Å². The Kier molecular flexibility index (Phi) is 6.30. The van der Waals surface area contributed by atoms with Crippen LogP contribution < -0.4 is 10.6 Å². The fourth-order valence-electron chi connectivity index (χ4n) is 2.57. The monoisotopic (exact) mass is 309 g/mol. The molecule has 5 nitrogen and oxygen atoms in total. The molecule has 1 fully saturated rings. The van der Waals surface area contributed by atoms with Crippen LogP contribution in [0.5, 0.6) is 0 Å². The predicted octanol–water partition coefficient (Wildman–Crippen LogP) is 0.923. The van der Waals surface area contributed by atoms with Crippen molar-refractivity contribution < 1.29 is 13.9 Å². The van der Waals surface area contributed by atoms with Crippen LogP contribution >= 0.6 is 0 Å². The van der Waals surface area contributed by atoms with E-state index in [4.69, 9.17) is 4.74 Å². The molecule has 1 aliphatic rings. The van der Waals surface area contributed by atoms with Crippen LogP contribution in [0.1, 0.15) is 18.0 Å². The van der Waals surface area contributed by atoms with Gasteiger partial charge in [0.05, 0.1) is 19.3 Å². The lowest BCUT2D eigenvalue weighted by Gasteiger charge is -2.26. The number of nitrogens with zero attached hydrogens (tertiary/aromatic N) is 1. The smallest absolute Gasteiger partial charge is 0.221 e. The first kappa shape index (κ1) is 16.9. The highest BCUT2D eigenvalue weighted by Crippen LogP contribution is 2.18. The van der Waals surface area contributed by atoms with Crippen LogP contribution in [0, 0.1) is 5.82 Å². The van der Waals surface area contributed by atoms with E-state index in [9.17, 15) is 9.18 Å². The minimum atomic E-state index is -0.265. The van der Waals surface area contributed by atoms with Gasteiger partial charge in [0.2, 0.25) is 5.91 Å². The molecule has 1 heterocycles. The number of amides is 1. The first-order valence-electron chi connectivity index (χ1n) is 7.56. The van der Waals surface area contributed by atoms with Gasteiger partial charge in [-0.25, -0.2) is 4.39 Å². The molecule has 0 aromatic heterocycles. The number of rotatable bonds is 6. The molecule has 1 aliphatic heterocycles. The van der Waals surface area contributed by atoms with Crippen LogP contribution in [0.15, 0.2) is 24.3 Å². The van der Waals surface area contributed by atoms with Crippen molar-refractivity contribution in [3.8, 4) is 0 Å². The number of halogens is 1. The van der Waals surface area contributed by atoms with E-state index in [1.54, 1.807) is 6.07 Å². The van der Waals surface area contributed by atoms with Crippen molar-refractivity contribution in [1.29, 1.82) is 0 Å². The highest BCUT2D eigenvalue weighted by Gasteiger charge is 2.19. The fraction of sp³-hybridized carbons (Fsp3) is 0.562. The summed E-state index contributed by atoms with van der Waals surface area (Å²) in [6, 6.07) is 6.50. The van der Waals surface area contributed by atoms with Gasteiger partial charge in [-0.2, -0.15) is 0 Å². The molecular weight excluding hydrogens is 285 g/mol. The molecule has 1 aromatic carbocycles. The Morgan fingerprint density at radius 1 is 1.55 bits per heavy atom. The van der Waals surface area contributed by atoms with Crippen LogP contribution in [0.3, 0.4) is 0 Å². The number of nitrogens with one attached hydrogen (secondary N) is 2. The Bertz CT molecular complexity index is 490. The average Bonchev–Trinajstić information content (AvgIpc) is 2.48. The zero-order chi connectivity index (χ0) is 15.9. The maximum Gasteiger partial charge on any atom is 0.221 e. The summed E-state index contributed by atoms with van der Waals surface area (Å²) in [5.74, 6) is -0.287. The molecule has 22 heavy (non-hydrogen) atoms. The van der Waals surface area contributed by atoms with Gasteiger partial charge >= 0.3 is 0 Å². The molecule has 6 heteroatoms. The van der Waals surface area contributed by atoms with Crippen molar-refractivity contribution in [3.05, 3.63) is 35.6 Å². The van der Waals surface area contributed by atoms with Gasteiger partial charge in [0.25, 0.3) is 0 Å². The molecule has 1 saturated heterocycles. The van der Waals surface area contributed by atoms with Crippen LogP contribution in [-0.4, -0.2) is 57.2 Å². The van der Waals surface area contributed by atoms with Crippen LogP contribution in [0.25, 0.3) is 0 Å². The van der Waals surface area contributed by atoms with Gasteiger partial charge in [0, 0.05) is 25.6 Å². The van der Waals surface area contributed by atoms with Gasteiger partial charge < -0.3 is 20.3 Å². The summed E-state index contributed by atoms with van der Waals surface area (Å²) in [7, 11) is 3.83. The number of likely N-dealkylation sites (N-methyl/N-ethyl adjacent to an activating group) is 1. The summed E-state index contributed by atoms with van der Waals surface area (Å²) in [5, 5.41) is 6.18. The summed E-state index contributed by atoms with van der Waals surface area (Å²) in [5.41, 5.74) is 0.851. The van der Waals surface area contributed by atoms with Gasteiger partial charge in [0.1, 0.15) is 5.82 Å². The van der Waals surface area contributed by atoms with Crippen LogP contribution in [0.4, 0.5) is 4.39 Å². The second kappa shape index (κ2) is 8.22. The van der Waals surface area contributed by atoms with Crippen molar-refractivity contribution in [3.63, 3.8) is 0 Å². The molecule has 2 atom stereocenters. The van der Waals surface area contributed by atoms with Crippen molar-refractivity contribution in [2.75, 3.05) is 40.4 Å². The predicted molar refractivity (Wildman–Crippen MR) is 83.1 cm³/mol. The maximum absolute atomic E-state index is 13.4. The third-order valence-corrected chi connectivity index (χ3v) is 3.78. The molecule has 1 amide bonds. The largest absolute Gasteiger partial charge is 0.378 e. The lowest BCUT2D eigenvalue weighted by atomic mass is 10.1. The molecule has 2 rings (SSSR count). The number of carbonyl (C=O) groups excluding carboxylic acids is 1. The van der Waals surface area contributed by atoms with E-state index in [-0.39, 0.29) is 23.8 Å². The molecule has 0 aliphatic carbocycles. The second-order valence-corrected chi connectivity index (χ2v) is 5.77. The SMILES string of the molecule is CN(C)C(CNC(=O)CC1COCCN1)c1cccc(F)c1. The van der Waals surface area contributed by atoms with Gasteiger partial charge in [0.15, 0.2) is 0 Å². The third-order valence-electron chi connectivity index (χ3n) is 3.78. The van der Waals surface area contributed by atoms with E-state index in [2.05, 4.69) is 10.6 Å². The first-order valence-corrected chi connectivity index (χ1v) is 7.56. The molecule has 0 spiro atoms. The van der Waals surface area contributed by atoms with E-state index in [1.807, 2.05) is 25.1 Å². The Morgan fingerprint density at radius 2 is 2.36 bits per heavy atom. The van der Waals surface area contributed by atoms with E-state index in [1.165, 1.54) is 12.1 Å². The van der Waals surface area contributed by atoms with E-state index < -0.39 is 0 Å². The first-order chi connectivity index (χ1) is 10.6. The molecular formula is C16H24FN3O2.